The second-order valence-corrected chi connectivity index (χ2v) is 7.92. The molecular weight excluding hydrogens is 244 g/mol. The number of hydrogen-bond acceptors (Lipinski definition) is 2. The van der Waals surface area contributed by atoms with E-state index in [0.29, 0.717) is 0 Å². The van der Waals surface area contributed by atoms with Crippen molar-refractivity contribution in [2.45, 2.75) is 71.9 Å². The van der Waals surface area contributed by atoms with Crippen LogP contribution in [0.1, 0.15) is 59.8 Å². The molecule has 0 radical (unpaired) electrons. The highest BCUT2D eigenvalue weighted by atomic mass is 15.2. The average Bonchev–Trinajstić information content (AvgIpc) is 2.87. The molecule has 118 valence electrons. The largest absolute Gasteiger partial charge is 0.317 e. The van der Waals surface area contributed by atoms with Gasteiger partial charge in [-0.25, -0.2) is 0 Å². The van der Waals surface area contributed by atoms with Crippen molar-refractivity contribution in [3.63, 3.8) is 0 Å². The van der Waals surface area contributed by atoms with Crippen LogP contribution in [0.25, 0.3) is 0 Å². The van der Waals surface area contributed by atoms with Crippen LogP contribution in [0.4, 0.5) is 0 Å². The van der Waals surface area contributed by atoms with Gasteiger partial charge in [-0.3, -0.25) is 4.90 Å². The van der Waals surface area contributed by atoms with Crippen molar-refractivity contribution in [1.82, 2.24) is 10.2 Å². The second-order valence-electron chi connectivity index (χ2n) is 7.92. The number of nitrogens with one attached hydrogen (secondary N) is 1. The zero-order chi connectivity index (χ0) is 14.7. The average molecular weight is 280 g/mol. The van der Waals surface area contributed by atoms with Crippen LogP contribution >= 0.6 is 0 Å². The Bertz CT molecular complexity index is 287. The first-order valence-corrected chi connectivity index (χ1v) is 8.94. The molecule has 0 aromatic rings. The molecule has 4 unspecified atom stereocenters. The first-order chi connectivity index (χ1) is 9.52. The summed E-state index contributed by atoms with van der Waals surface area (Å²) in [5, 5.41) is 3.60. The third-order valence-electron chi connectivity index (χ3n) is 5.99. The first kappa shape index (κ1) is 16.3. The van der Waals surface area contributed by atoms with Gasteiger partial charge in [0.1, 0.15) is 0 Å². The maximum atomic E-state index is 3.60. The van der Waals surface area contributed by atoms with Crippen LogP contribution in [0.5, 0.6) is 0 Å². The number of nitrogens with zero attached hydrogens (tertiary/aromatic N) is 1. The van der Waals surface area contributed by atoms with E-state index in [1.165, 1.54) is 45.2 Å². The standard InChI is InChI=1S/C18H36N2/c1-13(2)15-8-9-17(19-5)16(11-15)12-20-10-6-7-18(20)14(3)4/h13-19H,6-12H2,1-5H3. The molecule has 2 fully saturated rings. The highest BCUT2D eigenvalue weighted by Crippen LogP contribution is 2.36. The van der Waals surface area contributed by atoms with Crippen LogP contribution < -0.4 is 5.32 Å². The Labute approximate surface area is 126 Å². The summed E-state index contributed by atoms with van der Waals surface area (Å²) in [4.78, 5) is 2.81. The van der Waals surface area contributed by atoms with Gasteiger partial charge in [0.05, 0.1) is 0 Å². The van der Waals surface area contributed by atoms with E-state index < -0.39 is 0 Å². The third kappa shape index (κ3) is 3.76. The molecule has 1 heterocycles. The minimum absolute atomic E-state index is 0.749. The van der Waals surface area contributed by atoms with Gasteiger partial charge in [0.2, 0.25) is 0 Å². The van der Waals surface area contributed by atoms with Crippen molar-refractivity contribution < 1.29 is 0 Å². The third-order valence-corrected chi connectivity index (χ3v) is 5.99. The van der Waals surface area contributed by atoms with E-state index in [-0.39, 0.29) is 0 Å². The lowest BCUT2D eigenvalue weighted by Crippen LogP contribution is -2.47. The van der Waals surface area contributed by atoms with E-state index >= 15 is 0 Å². The first-order valence-electron chi connectivity index (χ1n) is 8.94. The Kier molecular flexibility index (Phi) is 5.92. The molecule has 4 atom stereocenters. The van der Waals surface area contributed by atoms with Crippen molar-refractivity contribution >= 4 is 0 Å². The molecule has 1 saturated heterocycles. The molecule has 1 aliphatic carbocycles. The fourth-order valence-corrected chi connectivity index (χ4v) is 4.62. The number of likely N-dealkylation sites (tertiary alicyclic amines) is 1. The highest BCUT2D eigenvalue weighted by Gasteiger charge is 2.35. The van der Waals surface area contributed by atoms with Crippen LogP contribution in [0.2, 0.25) is 0 Å². The van der Waals surface area contributed by atoms with Crippen molar-refractivity contribution in [3.05, 3.63) is 0 Å². The Morgan fingerprint density at radius 1 is 1.05 bits per heavy atom. The summed E-state index contributed by atoms with van der Waals surface area (Å²) in [5.41, 5.74) is 0. The van der Waals surface area contributed by atoms with E-state index in [1.807, 2.05) is 0 Å². The molecule has 0 amide bonds. The molecule has 1 saturated carbocycles. The monoisotopic (exact) mass is 280 g/mol. The van der Waals surface area contributed by atoms with Gasteiger partial charge in [-0.1, -0.05) is 27.7 Å². The zero-order valence-electron chi connectivity index (χ0n) is 14.4. The molecule has 0 aromatic heterocycles. The summed E-state index contributed by atoms with van der Waals surface area (Å²) in [6.07, 6.45) is 7.07. The van der Waals surface area contributed by atoms with Crippen LogP contribution in [-0.4, -0.2) is 37.1 Å². The van der Waals surface area contributed by atoms with Gasteiger partial charge in [0.15, 0.2) is 0 Å². The molecule has 2 rings (SSSR count). The molecule has 0 bridgehead atoms. The maximum Gasteiger partial charge on any atom is 0.0119 e. The Hall–Kier alpha value is -0.0800. The van der Waals surface area contributed by atoms with E-state index in [9.17, 15) is 0 Å². The fourth-order valence-electron chi connectivity index (χ4n) is 4.62. The maximum absolute atomic E-state index is 3.60. The molecule has 1 N–H and O–H groups in total. The zero-order valence-corrected chi connectivity index (χ0v) is 14.4. The minimum Gasteiger partial charge on any atom is -0.317 e. The van der Waals surface area contributed by atoms with Gasteiger partial charge < -0.3 is 5.32 Å². The fraction of sp³-hybridized carbons (Fsp3) is 1.00. The van der Waals surface area contributed by atoms with E-state index in [4.69, 9.17) is 0 Å². The summed E-state index contributed by atoms with van der Waals surface area (Å²) in [6, 6.07) is 1.59. The van der Waals surface area contributed by atoms with Crippen molar-refractivity contribution in [3.8, 4) is 0 Å². The SMILES string of the molecule is CNC1CCC(C(C)C)CC1CN1CCCC1C(C)C. The molecule has 2 aliphatic rings. The van der Waals surface area contributed by atoms with Gasteiger partial charge in [-0.05, 0) is 69.4 Å². The highest BCUT2D eigenvalue weighted by molar-refractivity contribution is 4.90. The topological polar surface area (TPSA) is 15.3 Å². The summed E-state index contributed by atoms with van der Waals surface area (Å²) in [5.74, 6) is 3.48. The number of rotatable bonds is 5. The van der Waals surface area contributed by atoms with Crippen molar-refractivity contribution in [2.75, 3.05) is 20.1 Å². The molecule has 0 spiro atoms. The number of hydrogen-bond donors (Lipinski definition) is 1. The Morgan fingerprint density at radius 2 is 1.80 bits per heavy atom. The van der Waals surface area contributed by atoms with Crippen molar-refractivity contribution in [2.24, 2.45) is 23.7 Å². The van der Waals surface area contributed by atoms with Crippen molar-refractivity contribution in [1.29, 1.82) is 0 Å². The summed E-state index contributed by atoms with van der Waals surface area (Å²) in [6.45, 7) is 12.3. The quantitative estimate of drug-likeness (QED) is 0.825. The van der Waals surface area contributed by atoms with Crippen LogP contribution in [-0.2, 0) is 0 Å². The summed E-state index contributed by atoms with van der Waals surface area (Å²) in [7, 11) is 2.16. The normalized spacial score (nSPS) is 36.1. The molecule has 2 nitrogen and oxygen atoms in total. The van der Waals surface area contributed by atoms with Crippen LogP contribution in [0.3, 0.4) is 0 Å². The molecule has 2 heteroatoms. The predicted octanol–water partition coefficient (Wildman–Crippen LogP) is 3.77. The molecular formula is C18H36N2. The van der Waals surface area contributed by atoms with Gasteiger partial charge in [0.25, 0.3) is 0 Å². The van der Waals surface area contributed by atoms with Gasteiger partial charge in [0, 0.05) is 18.6 Å². The lowest BCUT2D eigenvalue weighted by molar-refractivity contribution is 0.107. The Morgan fingerprint density at radius 3 is 2.40 bits per heavy atom. The van der Waals surface area contributed by atoms with Crippen LogP contribution in [0.15, 0.2) is 0 Å². The van der Waals surface area contributed by atoms with E-state index in [0.717, 1.165) is 35.8 Å². The smallest absolute Gasteiger partial charge is 0.0119 e. The summed E-state index contributed by atoms with van der Waals surface area (Å²) < 4.78 is 0. The van der Waals surface area contributed by atoms with Gasteiger partial charge in [-0.15, -0.1) is 0 Å². The van der Waals surface area contributed by atoms with E-state index in [1.54, 1.807) is 0 Å². The minimum atomic E-state index is 0.749. The second kappa shape index (κ2) is 7.26. The molecule has 1 aliphatic heterocycles. The Balaban J connectivity index is 1.97. The summed E-state index contributed by atoms with van der Waals surface area (Å²) >= 11 is 0. The van der Waals surface area contributed by atoms with Crippen LogP contribution in [0, 0.1) is 23.7 Å². The molecule has 20 heavy (non-hydrogen) atoms. The predicted molar refractivity (Wildman–Crippen MR) is 87.9 cm³/mol. The van der Waals surface area contributed by atoms with Gasteiger partial charge >= 0.3 is 0 Å². The lowest BCUT2D eigenvalue weighted by Gasteiger charge is -2.41. The molecule has 0 aromatic carbocycles. The lowest BCUT2D eigenvalue weighted by atomic mass is 9.73. The van der Waals surface area contributed by atoms with E-state index in [2.05, 4.69) is 45.0 Å². The van der Waals surface area contributed by atoms with Gasteiger partial charge in [-0.2, -0.15) is 0 Å².